The largest absolute Gasteiger partial charge is 0.435 e. The Labute approximate surface area is 138 Å². The first-order valence-corrected chi connectivity index (χ1v) is 6.89. The number of hydrogen-bond donors (Lipinski definition) is 1. The fourth-order valence-electron chi connectivity index (χ4n) is 1.82. The van der Waals surface area contributed by atoms with Gasteiger partial charge in [0.15, 0.2) is 5.69 Å². The number of rotatable bonds is 5. The Morgan fingerprint density at radius 3 is 2.67 bits per heavy atom. The molecule has 0 aliphatic rings. The fraction of sp³-hybridized carbons (Fsp3) is 0.231. The van der Waals surface area contributed by atoms with Gasteiger partial charge in [0.2, 0.25) is 0 Å². The number of carbonyl (C=O) groups is 1. The second-order valence-electron chi connectivity index (χ2n) is 4.64. The summed E-state index contributed by atoms with van der Waals surface area (Å²) in [6.07, 6.45) is -3.39. The number of amides is 1. The van der Waals surface area contributed by atoms with E-state index in [1.54, 1.807) is 0 Å². The summed E-state index contributed by atoms with van der Waals surface area (Å²) in [6.45, 7) is 0.00569. The number of nitrogens with one attached hydrogen (secondary N) is 1. The van der Waals surface area contributed by atoms with Gasteiger partial charge >= 0.3 is 6.18 Å². The maximum absolute atomic E-state index is 12.4. The molecule has 0 fully saturated rings. The van der Waals surface area contributed by atoms with Crippen molar-refractivity contribution in [3.8, 4) is 0 Å². The first-order valence-electron chi connectivity index (χ1n) is 6.51. The Bertz CT molecular complexity index is 776. The third kappa shape index (κ3) is 4.22. The van der Waals surface area contributed by atoms with Crippen LogP contribution in [0.15, 0.2) is 30.5 Å². The zero-order valence-corrected chi connectivity index (χ0v) is 12.6. The van der Waals surface area contributed by atoms with Crippen molar-refractivity contribution in [2.45, 2.75) is 12.7 Å². The molecular weight excluding hydrogens is 353 g/mol. The van der Waals surface area contributed by atoms with Crippen LogP contribution in [0.2, 0.25) is 5.02 Å². The lowest BCUT2D eigenvalue weighted by Crippen LogP contribution is -2.27. The Hall–Kier alpha value is -2.62. The zero-order valence-electron chi connectivity index (χ0n) is 11.9. The highest BCUT2D eigenvalue weighted by atomic mass is 35.5. The standard InChI is InChI=1S/C13H10ClF3N4O3/c14-9-2-1-8(7-10(9)21(23)24)12(22)18-4-6-20-5-3-11(19-20)13(15,16)17/h1-3,5,7H,4,6H2,(H,18,22). The molecule has 0 spiro atoms. The van der Waals surface area contributed by atoms with Crippen molar-refractivity contribution >= 4 is 23.2 Å². The highest BCUT2D eigenvalue weighted by Gasteiger charge is 2.33. The quantitative estimate of drug-likeness (QED) is 0.654. The summed E-state index contributed by atoms with van der Waals surface area (Å²) in [5, 5.41) is 16.4. The third-order valence-corrected chi connectivity index (χ3v) is 3.28. The van der Waals surface area contributed by atoms with Gasteiger partial charge in [-0.2, -0.15) is 18.3 Å². The number of carbonyl (C=O) groups excluding carboxylic acids is 1. The summed E-state index contributed by atoms with van der Waals surface area (Å²) in [6, 6.07) is 4.37. The van der Waals surface area contributed by atoms with E-state index in [0.29, 0.717) is 0 Å². The van der Waals surface area contributed by atoms with Gasteiger partial charge in [0.05, 0.1) is 11.5 Å². The maximum atomic E-state index is 12.4. The number of nitro benzene ring substituents is 1. The summed E-state index contributed by atoms with van der Waals surface area (Å²) in [7, 11) is 0. The summed E-state index contributed by atoms with van der Waals surface area (Å²) >= 11 is 5.64. The van der Waals surface area contributed by atoms with Gasteiger partial charge in [-0.15, -0.1) is 0 Å². The van der Waals surface area contributed by atoms with Crippen molar-refractivity contribution < 1.29 is 22.9 Å². The molecule has 1 aromatic heterocycles. The van der Waals surface area contributed by atoms with Gasteiger partial charge in [0.25, 0.3) is 11.6 Å². The molecule has 0 atom stereocenters. The predicted molar refractivity (Wildman–Crippen MR) is 77.7 cm³/mol. The van der Waals surface area contributed by atoms with Gasteiger partial charge < -0.3 is 5.32 Å². The molecular formula is C13H10ClF3N4O3. The molecule has 0 bridgehead atoms. The van der Waals surface area contributed by atoms with Crippen molar-refractivity contribution in [3.63, 3.8) is 0 Å². The second-order valence-corrected chi connectivity index (χ2v) is 5.05. The highest BCUT2D eigenvalue weighted by Crippen LogP contribution is 2.27. The normalized spacial score (nSPS) is 11.3. The Morgan fingerprint density at radius 1 is 1.38 bits per heavy atom. The average Bonchev–Trinajstić information content (AvgIpc) is 2.96. The number of benzene rings is 1. The van der Waals surface area contributed by atoms with Crippen LogP contribution in [-0.4, -0.2) is 27.2 Å². The number of alkyl halides is 3. The fourth-order valence-corrected chi connectivity index (χ4v) is 2.00. The summed E-state index contributed by atoms with van der Waals surface area (Å²) in [5.41, 5.74) is -1.42. The number of hydrogen-bond acceptors (Lipinski definition) is 4. The summed E-state index contributed by atoms with van der Waals surface area (Å²) in [5.74, 6) is -0.613. The van der Waals surface area contributed by atoms with Crippen molar-refractivity contribution in [1.82, 2.24) is 15.1 Å². The van der Waals surface area contributed by atoms with E-state index in [-0.39, 0.29) is 23.7 Å². The second kappa shape index (κ2) is 6.87. The smallest absolute Gasteiger partial charge is 0.350 e. The number of nitrogens with zero attached hydrogens (tertiary/aromatic N) is 3. The zero-order chi connectivity index (χ0) is 17.9. The molecule has 2 aromatic rings. The van der Waals surface area contributed by atoms with Gasteiger partial charge in [-0.05, 0) is 18.2 Å². The van der Waals surface area contributed by atoms with Crippen LogP contribution < -0.4 is 5.32 Å². The molecule has 24 heavy (non-hydrogen) atoms. The van der Waals surface area contributed by atoms with Crippen LogP contribution in [0.4, 0.5) is 18.9 Å². The van der Waals surface area contributed by atoms with E-state index in [1.807, 2.05) is 0 Å². The highest BCUT2D eigenvalue weighted by molar-refractivity contribution is 6.32. The van der Waals surface area contributed by atoms with Crippen LogP contribution in [0.1, 0.15) is 16.1 Å². The molecule has 1 N–H and O–H groups in total. The van der Waals surface area contributed by atoms with Crippen LogP contribution in [-0.2, 0) is 12.7 Å². The molecule has 0 saturated heterocycles. The Balaban J connectivity index is 1.95. The summed E-state index contributed by atoms with van der Waals surface area (Å²) in [4.78, 5) is 21.9. The van der Waals surface area contributed by atoms with Gasteiger partial charge in [-0.25, -0.2) is 0 Å². The lowest BCUT2D eigenvalue weighted by Gasteiger charge is -2.06. The molecule has 0 radical (unpaired) electrons. The predicted octanol–water partition coefficient (Wildman–Crippen LogP) is 2.89. The SMILES string of the molecule is O=C(NCCn1ccc(C(F)(F)F)n1)c1ccc(Cl)c([N+](=O)[O-])c1. The average molecular weight is 363 g/mol. The molecule has 128 valence electrons. The first kappa shape index (κ1) is 17.7. The molecule has 1 aromatic carbocycles. The molecule has 2 rings (SSSR count). The lowest BCUT2D eigenvalue weighted by molar-refractivity contribution is -0.384. The van der Waals surface area contributed by atoms with Crippen molar-refractivity contribution in [1.29, 1.82) is 0 Å². The van der Waals surface area contributed by atoms with Crippen molar-refractivity contribution in [2.24, 2.45) is 0 Å². The molecule has 0 unspecified atom stereocenters. The Kier molecular flexibility index (Phi) is 5.07. The molecule has 11 heteroatoms. The van der Waals surface area contributed by atoms with E-state index >= 15 is 0 Å². The van der Waals surface area contributed by atoms with Gasteiger partial charge in [0, 0.05) is 24.4 Å². The maximum Gasteiger partial charge on any atom is 0.435 e. The minimum atomic E-state index is -4.53. The number of nitro groups is 1. The number of aromatic nitrogens is 2. The van der Waals surface area contributed by atoms with E-state index < -0.39 is 28.4 Å². The van der Waals surface area contributed by atoms with Gasteiger partial charge in [0.1, 0.15) is 5.02 Å². The molecule has 0 aliphatic heterocycles. The van der Waals surface area contributed by atoms with Crippen molar-refractivity contribution in [3.05, 3.63) is 56.9 Å². The topological polar surface area (TPSA) is 90.1 Å². The first-order chi connectivity index (χ1) is 11.2. The van der Waals surface area contributed by atoms with Gasteiger partial charge in [-0.3, -0.25) is 19.6 Å². The van der Waals surface area contributed by atoms with E-state index in [9.17, 15) is 28.1 Å². The van der Waals surface area contributed by atoms with Crippen LogP contribution in [0, 0.1) is 10.1 Å². The molecule has 0 aliphatic carbocycles. The lowest BCUT2D eigenvalue weighted by atomic mass is 10.2. The van der Waals surface area contributed by atoms with E-state index in [0.717, 1.165) is 23.0 Å². The van der Waals surface area contributed by atoms with Crippen molar-refractivity contribution in [2.75, 3.05) is 6.54 Å². The molecule has 1 heterocycles. The van der Waals surface area contributed by atoms with Crippen LogP contribution in [0.25, 0.3) is 0 Å². The van der Waals surface area contributed by atoms with Gasteiger partial charge in [-0.1, -0.05) is 11.6 Å². The Morgan fingerprint density at radius 2 is 2.08 bits per heavy atom. The summed E-state index contributed by atoms with van der Waals surface area (Å²) < 4.78 is 38.2. The molecule has 7 nitrogen and oxygen atoms in total. The third-order valence-electron chi connectivity index (χ3n) is 2.96. The minimum absolute atomic E-state index is 0.00572. The molecule has 0 saturated carbocycles. The monoisotopic (exact) mass is 362 g/mol. The van der Waals surface area contributed by atoms with E-state index in [2.05, 4.69) is 10.4 Å². The van der Waals surface area contributed by atoms with E-state index in [1.165, 1.54) is 12.1 Å². The van der Waals surface area contributed by atoms with Crippen LogP contribution in [0.5, 0.6) is 0 Å². The van der Waals surface area contributed by atoms with E-state index in [4.69, 9.17) is 11.6 Å². The number of halogens is 4. The molecule has 1 amide bonds. The minimum Gasteiger partial charge on any atom is -0.350 e. The van der Waals surface area contributed by atoms with Crippen LogP contribution >= 0.6 is 11.6 Å². The van der Waals surface area contributed by atoms with Crippen LogP contribution in [0.3, 0.4) is 0 Å².